The standard InChI is InChI=1S/C17H27NO2S/c1-5-18-15-10-11-17(3,4)12-16(15)21(19,20)14-8-6-13(2)7-9-14/h6-9,15-16,18H,5,10-12H2,1-4H3. The molecule has 0 bridgehead atoms. The maximum atomic E-state index is 13.0. The van der Waals surface area contributed by atoms with Crippen LogP contribution in [0.1, 0.15) is 45.6 Å². The molecule has 0 aliphatic heterocycles. The van der Waals surface area contributed by atoms with Crippen molar-refractivity contribution in [2.24, 2.45) is 5.41 Å². The summed E-state index contributed by atoms with van der Waals surface area (Å²) >= 11 is 0. The van der Waals surface area contributed by atoms with E-state index in [0.29, 0.717) is 4.90 Å². The summed E-state index contributed by atoms with van der Waals surface area (Å²) in [6.45, 7) is 9.17. The van der Waals surface area contributed by atoms with Gasteiger partial charge >= 0.3 is 0 Å². The van der Waals surface area contributed by atoms with E-state index in [1.807, 2.05) is 26.0 Å². The van der Waals surface area contributed by atoms with Gasteiger partial charge in [0.15, 0.2) is 9.84 Å². The van der Waals surface area contributed by atoms with Crippen LogP contribution in [-0.4, -0.2) is 26.3 Å². The van der Waals surface area contributed by atoms with Crippen LogP contribution in [0.25, 0.3) is 0 Å². The number of benzene rings is 1. The fourth-order valence-corrected chi connectivity index (χ4v) is 5.45. The number of sulfone groups is 1. The largest absolute Gasteiger partial charge is 0.313 e. The Bertz CT molecular complexity index is 575. The lowest BCUT2D eigenvalue weighted by molar-refractivity contribution is 0.210. The molecule has 0 spiro atoms. The lowest BCUT2D eigenvalue weighted by Gasteiger charge is -2.40. The molecule has 1 saturated carbocycles. The molecule has 0 heterocycles. The number of rotatable bonds is 4. The Morgan fingerprint density at radius 1 is 1.24 bits per heavy atom. The van der Waals surface area contributed by atoms with E-state index in [2.05, 4.69) is 19.2 Å². The predicted molar refractivity (Wildman–Crippen MR) is 87.2 cm³/mol. The molecule has 1 fully saturated rings. The second kappa shape index (κ2) is 6.09. The van der Waals surface area contributed by atoms with Crippen LogP contribution in [0.15, 0.2) is 29.2 Å². The van der Waals surface area contributed by atoms with Crippen molar-refractivity contribution in [1.82, 2.24) is 5.32 Å². The van der Waals surface area contributed by atoms with Crippen LogP contribution in [0.4, 0.5) is 0 Å². The van der Waals surface area contributed by atoms with Crippen molar-refractivity contribution in [2.75, 3.05) is 6.54 Å². The summed E-state index contributed by atoms with van der Waals surface area (Å²) in [7, 11) is -3.28. The lowest BCUT2D eigenvalue weighted by atomic mass is 9.75. The first-order valence-corrected chi connectivity index (χ1v) is 9.35. The van der Waals surface area contributed by atoms with Gasteiger partial charge in [0.05, 0.1) is 10.1 Å². The number of hydrogen-bond acceptors (Lipinski definition) is 3. The zero-order valence-electron chi connectivity index (χ0n) is 13.5. The molecule has 1 aromatic carbocycles. The Kier molecular flexibility index (Phi) is 4.79. The fourth-order valence-electron chi connectivity index (χ4n) is 3.25. The van der Waals surface area contributed by atoms with Crippen LogP contribution in [0.3, 0.4) is 0 Å². The molecule has 0 saturated heterocycles. The summed E-state index contributed by atoms with van der Waals surface area (Å²) in [5.74, 6) is 0. The second-order valence-corrected chi connectivity index (χ2v) is 9.13. The highest BCUT2D eigenvalue weighted by molar-refractivity contribution is 7.92. The van der Waals surface area contributed by atoms with Crippen LogP contribution < -0.4 is 5.32 Å². The van der Waals surface area contributed by atoms with E-state index in [0.717, 1.165) is 31.4 Å². The Hall–Kier alpha value is -0.870. The van der Waals surface area contributed by atoms with E-state index >= 15 is 0 Å². The van der Waals surface area contributed by atoms with E-state index < -0.39 is 9.84 Å². The molecule has 2 atom stereocenters. The molecule has 2 unspecified atom stereocenters. The minimum atomic E-state index is -3.28. The first-order valence-electron chi connectivity index (χ1n) is 7.80. The van der Waals surface area contributed by atoms with Crippen LogP contribution in [0.2, 0.25) is 0 Å². The number of hydrogen-bond donors (Lipinski definition) is 1. The van der Waals surface area contributed by atoms with Gasteiger partial charge in [0.2, 0.25) is 0 Å². The normalized spacial score (nSPS) is 25.7. The average Bonchev–Trinajstić information content (AvgIpc) is 2.41. The van der Waals surface area contributed by atoms with Crippen molar-refractivity contribution in [2.45, 2.75) is 63.1 Å². The molecule has 1 aliphatic rings. The zero-order valence-corrected chi connectivity index (χ0v) is 14.3. The minimum Gasteiger partial charge on any atom is -0.313 e. The van der Waals surface area contributed by atoms with Gasteiger partial charge in [0.25, 0.3) is 0 Å². The summed E-state index contributed by atoms with van der Waals surface area (Å²) in [5, 5.41) is 3.05. The topological polar surface area (TPSA) is 46.2 Å². The summed E-state index contributed by atoms with van der Waals surface area (Å²) in [6, 6.07) is 7.31. The van der Waals surface area contributed by atoms with Crippen molar-refractivity contribution in [3.8, 4) is 0 Å². The lowest BCUT2D eigenvalue weighted by Crippen LogP contribution is -2.49. The Balaban J connectivity index is 2.35. The highest BCUT2D eigenvalue weighted by Crippen LogP contribution is 2.40. The van der Waals surface area contributed by atoms with Gasteiger partial charge in [-0.25, -0.2) is 8.42 Å². The van der Waals surface area contributed by atoms with Crippen LogP contribution >= 0.6 is 0 Å². The molecule has 21 heavy (non-hydrogen) atoms. The van der Waals surface area contributed by atoms with Crippen molar-refractivity contribution in [1.29, 1.82) is 0 Å². The highest BCUT2D eigenvalue weighted by atomic mass is 32.2. The molecular weight excluding hydrogens is 282 g/mol. The molecule has 4 heteroatoms. The van der Waals surface area contributed by atoms with Crippen molar-refractivity contribution < 1.29 is 8.42 Å². The van der Waals surface area contributed by atoms with Gasteiger partial charge in [-0.2, -0.15) is 0 Å². The highest BCUT2D eigenvalue weighted by Gasteiger charge is 2.42. The Morgan fingerprint density at radius 3 is 2.43 bits per heavy atom. The maximum Gasteiger partial charge on any atom is 0.182 e. The molecule has 0 aromatic heterocycles. The SMILES string of the molecule is CCNC1CCC(C)(C)CC1S(=O)(=O)c1ccc(C)cc1. The van der Waals surface area contributed by atoms with Gasteiger partial charge in [-0.15, -0.1) is 0 Å². The molecule has 3 nitrogen and oxygen atoms in total. The minimum absolute atomic E-state index is 0.0642. The summed E-state index contributed by atoms with van der Waals surface area (Å²) in [6.07, 6.45) is 2.72. The summed E-state index contributed by atoms with van der Waals surface area (Å²) in [5.41, 5.74) is 1.18. The van der Waals surface area contributed by atoms with Crippen molar-refractivity contribution in [3.63, 3.8) is 0 Å². The van der Waals surface area contributed by atoms with Crippen LogP contribution in [-0.2, 0) is 9.84 Å². The third-order valence-corrected chi connectivity index (χ3v) is 6.77. The molecule has 0 radical (unpaired) electrons. The van der Waals surface area contributed by atoms with E-state index in [-0.39, 0.29) is 16.7 Å². The third-order valence-electron chi connectivity index (χ3n) is 4.55. The molecule has 1 aromatic rings. The average molecular weight is 309 g/mol. The van der Waals surface area contributed by atoms with Crippen molar-refractivity contribution in [3.05, 3.63) is 29.8 Å². The molecule has 118 valence electrons. The maximum absolute atomic E-state index is 13.0. The Morgan fingerprint density at radius 2 is 1.86 bits per heavy atom. The number of nitrogens with one attached hydrogen (secondary N) is 1. The van der Waals surface area contributed by atoms with Crippen LogP contribution in [0.5, 0.6) is 0 Å². The van der Waals surface area contributed by atoms with Crippen molar-refractivity contribution >= 4 is 9.84 Å². The molecule has 2 rings (SSSR count). The van der Waals surface area contributed by atoms with E-state index in [4.69, 9.17) is 0 Å². The van der Waals surface area contributed by atoms with Gasteiger partial charge in [-0.1, -0.05) is 38.5 Å². The van der Waals surface area contributed by atoms with Gasteiger partial charge in [-0.05, 0) is 50.3 Å². The molecule has 1 N–H and O–H groups in total. The molecule has 1 aliphatic carbocycles. The zero-order chi connectivity index (χ0) is 15.7. The monoisotopic (exact) mass is 309 g/mol. The van der Waals surface area contributed by atoms with E-state index in [1.54, 1.807) is 12.1 Å². The van der Waals surface area contributed by atoms with Gasteiger partial charge < -0.3 is 5.32 Å². The third kappa shape index (κ3) is 3.67. The Labute approximate surface area is 129 Å². The first-order chi connectivity index (χ1) is 9.76. The van der Waals surface area contributed by atoms with E-state index in [9.17, 15) is 8.42 Å². The predicted octanol–water partition coefficient (Wildman–Crippen LogP) is 3.33. The van der Waals surface area contributed by atoms with Crippen LogP contribution in [0, 0.1) is 12.3 Å². The van der Waals surface area contributed by atoms with Gasteiger partial charge in [0.1, 0.15) is 0 Å². The smallest absolute Gasteiger partial charge is 0.182 e. The molecule has 0 amide bonds. The quantitative estimate of drug-likeness (QED) is 0.928. The first kappa shape index (κ1) is 16.5. The summed E-state index contributed by atoms with van der Waals surface area (Å²) in [4.78, 5) is 0.457. The fraction of sp³-hybridized carbons (Fsp3) is 0.647. The van der Waals surface area contributed by atoms with E-state index in [1.165, 1.54) is 0 Å². The summed E-state index contributed by atoms with van der Waals surface area (Å²) < 4.78 is 26.1. The number of aryl methyl sites for hydroxylation is 1. The van der Waals surface area contributed by atoms with Gasteiger partial charge in [-0.3, -0.25) is 0 Å². The second-order valence-electron chi connectivity index (χ2n) is 6.97. The van der Waals surface area contributed by atoms with Gasteiger partial charge in [0, 0.05) is 6.04 Å². The molecular formula is C17H27NO2S.